The molecule has 0 unspecified atom stereocenters. The topological polar surface area (TPSA) is 72.6 Å². The zero-order valence-corrected chi connectivity index (χ0v) is 10.5. The SMILES string of the molecule is Nc1cc(F)c(F)cc1C(=O)OCCCCCCO. The van der Waals surface area contributed by atoms with Crippen molar-refractivity contribution < 1.29 is 23.4 Å². The van der Waals surface area contributed by atoms with E-state index in [0.717, 1.165) is 25.0 Å². The Labute approximate surface area is 110 Å². The number of ether oxygens (including phenoxy) is 1. The van der Waals surface area contributed by atoms with E-state index in [0.29, 0.717) is 12.8 Å². The number of nitrogen functional groups attached to an aromatic ring is 1. The van der Waals surface area contributed by atoms with Crippen LogP contribution >= 0.6 is 0 Å². The lowest BCUT2D eigenvalue weighted by Gasteiger charge is -2.07. The van der Waals surface area contributed by atoms with E-state index in [9.17, 15) is 13.6 Å². The highest BCUT2D eigenvalue weighted by Crippen LogP contribution is 2.18. The summed E-state index contributed by atoms with van der Waals surface area (Å²) in [6.45, 7) is 0.327. The van der Waals surface area contributed by atoms with Gasteiger partial charge in [0, 0.05) is 18.4 Å². The van der Waals surface area contributed by atoms with Crippen molar-refractivity contribution in [1.82, 2.24) is 0 Å². The molecule has 1 rings (SSSR count). The van der Waals surface area contributed by atoms with E-state index < -0.39 is 17.6 Å². The standard InChI is InChI=1S/C13H17F2NO3/c14-10-7-9(12(16)8-11(10)15)13(18)19-6-4-2-1-3-5-17/h7-8,17H,1-6,16H2. The Morgan fingerprint density at radius 3 is 2.47 bits per heavy atom. The summed E-state index contributed by atoms with van der Waals surface area (Å²) >= 11 is 0. The van der Waals surface area contributed by atoms with E-state index in [-0.39, 0.29) is 24.5 Å². The van der Waals surface area contributed by atoms with Gasteiger partial charge in [0.25, 0.3) is 0 Å². The van der Waals surface area contributed by atoms with E-state index in [4.69, 9.17) is 15.6 Å². The van der Waals surface area contributed by atoms with Crippen LogP contribution in [-0.4, -0.2) is 24.3 Å². The lowest BCUT2D eigenvalue weighted by atomic mass is 10.1. The predicted molar refractivity (Wildman–Crippen MR) is 66.6 cm³/mol. The van der Waals surface area contributed by atoms with Gasteiger partial charge in [0.05, 0.1) is 12.2 Å². The van der Waals surface area contributed by atoms with Gasteiger partial charge in [-0.1, -0.05) is 6.42 Å². The van der Waals surface area contributed by atoms with Gasteiger partial charge in [-0.25, -0.2) is 13.6 Å². The van der Waals surface area contributed by atoms with Crippen LogP contribution in [0.3, 0.4) is 0 Å². The fourth-order valence-electron chi connectivity index (χ4n) is 1.55. The average Bonchev–Trinajstić information content (AvgIpc) is 2.37. The fraction of sp³-hybridized carbons (Fsp3) is 0.462. The first-order valence-electron chi connectivity index (χ1n) is 6.08. The molecule has 106 valence electrons. The molecule has 3 N–H and O–H groups in total. The van der Waals surface area contributed by atoms with Crippen LogP contribution in [0.15, 0.2) is 12.1 Å². The lowest BCUT2D eigenvalue weighted by molar-refractivity contribution is 0.0498. The Morgan fingerprint density at radius 1 is 1.16 bits per heavy atom. The Balaban J connectivity index is 2.43. The van der Waals surface area contributed by atoms with Gasteiger partial charge in [-0.2, -0.15) is 0 Å². The van der Waals surface area contributed by atoms with Crippen molar-refractivity contribution >= 4 is 11.7 Å². The number of anilines is 1. The third-order valence-corrected chi connectivity index (χ3v) is 2.60. The summed E-state index contributed by atoms with van der Waals surface area (Å²) in [4.78, 5) is 11.6. The van der Waals surface area contributed by atoms with Crippen LogP contribution < -0.4 is 5.73 Å². The zero-order valence-electron chi connectivity index (χ0n) is 10.5. The monoisotopic (exact) mass is 273 g/mol. The first-order chi connectivity index (χ1) is 9.06. The fourth-order valence-corrected chi connectivity index (χ4v) is 1.55. The minimum absolute atomic E-state index is 0.144. The Bertz CT molecular complexity index is 438. The van der Waals surface area contributed by atoms with E-state index in [2.05, 4.69) is 0 Å². The van der Waals surface area contributed by atoms with Crippen LogP contribution in [0.2, 0.25) is 0 Å². The molecule has 1 aromatic carbocycles. The van der Waals surface area contributed by atoms with Crippen LogP contribution in [-0.2, 0) is 4.74 Å². The molecule has 0 amide bonds. The maximum Gasteiger partial charge on any atom is 0.340 e. The van der Waals surface area contributed by atoms with E-state index in [1.54, 1.807) is 0 Å². The number of carbonyl (C=O) groups is 1. The number of halogens is 2. The van der Waals surface area contributed by atoms with Gasteiger partial charge in [-0.05, 0) is 25.3 Å². The molecule has 0 fully saturated rings. The zero-order chi connectivity index (χ0) is 14.3. The summed E-state index contributed by atoms with van der Waals surface area (Å²) in [5, 5.41) is 8.57. The van der Waals surface area contributed by atoms with Crippen molar-refractivity contribution in [2.24, 2.45) is 0 Å². The second-order valence-corrected chi connectivity index (χ2v) is 4.13. The van der Waals surface area contributed by atoms with Gasteiger partial charge in [0.2, 0.25) is 0 Å². The minimum atomic E-state index is -1.14. The molecule has 0 saturated heterocycles. The van der Waals surface area contributed by atoms with E-state index >= 15 is 0 Å². The highest BCUT2D eigenvalue weighted by atomic mass is 19.2. The third kappa shape index (κ3) is 4.82. The number of carbonyl (C=O) groups excluding carboxylic acids is 1. The Morgan fingerprint density at radius 2 is 1.79 bits per heavy atom. The number of aliphatic hydroxyl groups excluding tert-OH is 1. The van der Waals surface area contributed by atoms with Gasteiger partial charge < -0.3 is 15.6 Å². The van der Waals surface area contributed by atoms with E-state index in [1.807, 2.05) is 0 Å². The normalized spacial score (nSPS) is 10.5. The maximum absolute atomic E-state index is 13.0. The van der Waals surface area contributed by atoms with Crippen LogP contribution in [0.25, 0.3) is 0 Å². The van der Waals surface area contributed by atoms with Crippen molar-refractivity contribution in [2.45, 2.75) is 25.7 Å². The van der Waals surface area contributed by atoms with Crippen LogP contribution in [0.5, 0.6) is 0 Å². The summed E-state index contributed by atoms with van der Waals surface area (Å²) in [6.07, 6.45) is 3.03. The molecule has 0 aromatic heterocycles. The van der Waals surface area contributed by atoms with Gasteiger partial charge in [-0.3, -0.25) is 0 Å². The molecule has 0 aliphatic carbocycles. The molecule has 0 spiro atoms. The summed E-state index contributed by atoms with van der Waals surface area (Å²) in [7, 11) is 0. The molecule has 0 heterocycles. The number of benzene rings is 1. The number of unbranched alkanes of at least 4 members (excludes halogenated alkanes) is 3. The molecule has 0 aliphatic rings. The smallest absolute Gasteiger partial charge is 0.340 e. The third-order valence-electron chi connectivity index (χ3n) is 2.60. The van der Waals surface area contributed by atoms with Gasteiger partial charge in [0.1, 0.15) is 0 Å². The van der Waals surface area contributed by atoms with Crippen molar-refractivity contribution in [2.75, 3.05) is 18.9 Å². The molecule has 0 bridgehead atoms. The maximum atomic E-state index is 13.0. The van der Waals surface area contributed by atoms with Crippen molar-refractivity contribution in [3.05, 3.63) is 29.3 Å². The molecule has 0 radical (unpaired) electrons. The summed E-state index contributed by atoms with van der Waals surface area (Å²) in [6, 6.07) is 1.49. The highest BCUT2D eigenvalue weighted by molar-refractivity contribution is 5.95. The number of aliphatic hydroxyl groups is 1. The van der Waals surface area contributed by atoms with Crippen molar-refractivity contribution in [3.8, 4) is 0 Å². The second kappa shape index (κ2) is 7.68. The largest absolute Gasteiger partial charge is 0.462 e. The average molecular weight is 273 g/mol. The quantitative estimate of drug-likeness (QED) is 0.454. The minimum Gasteiger partial charge on any atom is -0.462 e. The highest BCUT2D eigenvalue weighted by Gasteiger charge is 2.15. The van der Waals surface area contributed by atoms with Gasteiger partial charge in [-0.15, -0.1) is 0 Å². The molecule has 19 heavy (non-hydrogen) atoms. The molecular formula is C13H17F2NO3. The molecule has 0 aliphatic heterocycles. The number of hydrogen-bond acceptors (Lipinski definition) is 4. The van der Waals surface area contributed by atoms with E-state index in [1.165, 1.54) is 0 Å². The first kappa shape index (κ1) is 15.4. The van der Waals surface area contributed by atoms with Gasteiger partial charge >= 0.3 is 5.97 Å². The number of rotatable bonds is 7. The van der Waals surface area contributed by atoms with Crippen LogP contribution in [0.4, 0.5) is 14.5 Å². The van der Waals surface area contributed by atoms with Crippen LogP contribution in [0.1, 0.15) is 36.0 Å². The van der Waals surface area contributed by atoms with Gasteiger partial charge in [0.15, 0.2) is 11.6 Å². The molecule has 0 atom stereocenters. The Kier molecular flexibility index (Phi) is 6.21. The second-order valence-electron chi connectivity index (χ2n) is 4.13. The lowest BCUT2D eigenvalue weighted by Crippen LogP contribution is -2.10. The molecular weight excluding hydrogens is 256 g/mol. The molecule has 4 nitrogen and oxygen atoms in total. The number of hydrogen-bond donors (Lipinski definition) is 2. The van der Waals surface area contributed by atoms with Crippen molar-refractivity contribution in [3.63, 3.8) is 0 Å². The number of esters is 1. The molecule has 6 heteroatoms. The van der Waals surface area contributed by atoms with Crippen LogP contribution in [0, 0.1) is 11.6 Å². The summed E-state index contributed by atoms with van der Waals surface area (Å²) in [5.41, 5.74) is 5.10. The molecule has 0 saturated carbocycles. The van der Waals surface area contributed by atoms with Crippen molar-refractivity contribution in [1.29, 1.82) is 0 Å². The summed E-state index contributed by atoms with van der Waals surface area (Å²) in [5.74, 6) is -3.00. The Hall–Kier alpha value is -1.69. The first-order valence-corrected chi connectivity index (χ1v) is 6.08. The predicted octanol–water partition coefficient (Wildman–Crippen LogP) is 2.26. The number of nitrogens with two attached hydrogens (primary N) is 1. The summed E-state index contributed by atoms with van der Waals surface area (Å²) < 4.78 is 30.7. The molecule has 1 aromatic rings.